The van der Waals surface area contributed by atoms with E-state index in [0.29, 0.717) is 0 Å². The Balaban J connectivity index is -0.000000146. The van der Waals surface area contributed by atoms with Crippen LogP contribution in [-0.4, -0.2) is 89.8 Å². The molecule has 0 rings (SSSR count). The van der Waals surface area contributed by atoms with Gasteiger partial charge >= 0.3 is 7.82 Å². The van der Waals surface area contributed by atoms with Gasteiger partial charge < -0.3 is 14.7 Å². The van der Waals surface area contributed by atoms with Crippen LogP contribution in [0.2, 0.25) is 0 Å². The Kier molecular flexibility index (Phi) is 31.8. The summed E-state index contributed by atoms with van der Waals surface area (Å²) in [6.07, 6.45) is 11.3. The van der Waals surface area contributed by atoms with E-state index >= 15 is 0 Å². The van der Waals surface area contributed by atoms with Gasteiger partial charge in [-0.25, -0.2) is 4.57 Å². The second-order valence-electron chi connectivity index (χ2n) is 5.91. The minimum atomic E-state index is -4.64. The lowest BCUT2D eigenvalue weighted by atomic mass is 10.5. The molecule has 0 spiro atoms. The van der Waals surface area contributed by atoms with E-state index < -0.39 is 7.82 Å². The summed E-state index contributed by atoms with van der Waals surface area (Å²) in [7, 11) is 1.45. The maximum absolute atomic E-state index is 8.88. The molecule has 0 atom stereocenters. The predicted molar refractivity (Wildman–Crippen MR) is 128 cm³/mol. The topological polar surface area (TPSA) is 87.5 Å². The fraction of sp³-hybridized carbons (Fsp3) is 0.429. The maximum atomic E-state index is 8.88. The van der Waals surface area contributed by atoms with Crippen molar-refractivity contribution in [3.8, 4) is 0 Å². The average molecular weight is 432 g/mol. The first-order valence-electron chi connectivity index (χ1n) is 8.92. The summed E-state index contributed by atoms with van der Waals surface area (Å²) in [5, 5.41) is 0. The van der Waals surface area contributed by atoms with Gasteiger partial charge in [-0.05, 0) is 21.1 Å². The first-order chi connectivity index (χ1) is 13.4. The summed E-state index contributed by atoms with van der Waals surface area (Å²) in [4.78, 5) is 27.9. The number of hydrogen-bond acceptors (Lipinski definition) is 4. The minimum absolute atomic E-state index is 0.937. The molecule has 0 aromatic carbocycles. The summed E-state index contributed by atoms with van der Waals surface area (Å²) in [5.74, 6) is 0. The van der Waals surface area contributed by atoms with Crippen molar-refractivity contribution < 1.29 is 19.2 Å². The highest BCUT2D eigenvalue weighted by Crippen LogP contribution is 2.25. The first-order valence-corrected chi connectivity index (χ1v) is 10.5. The minimum Gasteiger partial charge on any atom is -0.303 e. The number of hydrogen-bond donors (Lipinski definition) is 3. The van der Waals surface area contributed by atoms with Crippen LogP contribution in [0, 0.1) is 0 Å². The molecule has 0 aliphatic carbocycles. The van der Waals surface area contributed by atoms with Crippen LogP contribution < -0.4 is 0 Å². The van der Waals surface area contributed by atoms with Crippen molar-refractivity contribution in [2.45, 2.75) is 0 Å². The van der Waals surface area contributed by atoms with E-state index in [1.807, 2.05) is 57.6 Å². The van der Waals surface area contributed by atoms with E-state index in [1.165, 1.54) is 0 Å². The standard InChI is InChI=1S/3C7H13N.H3O4P/c3*1-4-6-8(3)7-5-2;1-5(2,3)4/h3*4-5H,1-2,6-7H2,3H3;(H3,1,2,3,4). The highest BCUT2D eigenvalue weighted by atomic mass is 31.2. The van der Waals surface area contributed by atoms with Gasteiger partial charge in [0.15, 0.2) is 0 Å². The normalized spacial score (nSPS) is 9.69. The number of nitrogens with zero attached hydrogens (tertiary/aromatic N) is 3. The van der Waals surface area contributed by atoms with Crippen LogP contribution in [-0.2, 0) is 4.57 Å². The summed E-state index contributed by atoms with van der Waals surface area (Å²) in [5.41, 5.74) is 0. The Morgan fingerprint density at radius 1 is 0.552 bits per heavy atom. The number of rotatable bonds is 12. The SMILES string of the molecule is C=CCN(C)CC=C.C=CCN(C)CC=C.C=CCN(C)CC=C.O=P(O)(O)O. The molecule has 0 aromatic heterocycles. The average Bonchev–Trinajstić information content (AvgIpc) is 2.56. The maximum Gasteiger partial charge on any atom is 0.466 e. The van der Waals surface area contributed by atoms with Crippen molar-refractivity contribution in [2.75, 3.05) is 60.4 Å². The van der Waals surface area contributed by atoms with Gasteiger partial charge in [-0.1, -0.05) is 36.5 Å². The van der Waals surface area contributed by atoms with Crippen molar-refractivity contribution in [3.05, 3.63) is 75.9 Å². The zero-order valence-corrected chi connectivity index (χ0v) is 19.4. The van der Waals surface area contributed by atoms with Crippen molar-refractivity contribution in [3.63, 3.8) is 0 Å². The molecule has 0 amide bonds. The summed E-state index contributed by atoms with van der Waals surface area (Å²) >= 11 is 0. The van der Waals surface area contributed by atoms with Crippen LogP contribution in [0.5, 0.6) is 0 Å². The fourth-order valence-corrected chi connectivity index (χ4v) is 1.55. The quantitative estimate of drug-likeness (QED) is 0.323. The fourth-order valence-electron chi connectivity index (χ4n) is 1.55. The molecule has 0 radical (unpaired) electrons. The molecule has 170 valence electrons. The van der Waals surface area contributed by atoms with E-state index in [0.717, 1.165) is 39.3 Å². The molecule has 29 heavy (non-hydrogen) atoms. The third kappa shape index (κ3) is 58.4. The van der Waals surface area contributed by atoms with Gasteiger partial charge in [0.1, 0.15) is 0 Å². The molecule has 0 fully saturated rings. The number of phosphoric acid groups is 1. The Hall–Kier alpha value is -1.57. The van der Waals surface area contributed by atoms with Gasteiger partial charge in [-0.15, -0.1) is 39.5 Å². The van der Waals surface area contributed by atoms with Crippen LogP contribution in [0.3, 0.4) is 0 Å². The molecular formula is C21H42N3O4P. The van der Waals surface area contributed by atoms with Crippen molar-refractivity contribution in [1.82, 2.24) is 14.7 Å². The zero-order valence-electron chi connectivity index (χ0n) is 18.5. The van der Waals surface area contributed by atoms with Crippen LogP contribution in [0.25, 0.3) is 0 Å². The largest absolute Gasteiger partial charge is 0.466 e. The van der Waals surface area contributed by atoms with E-state index in [4.69, 9.17) is 19.2 Å². The van der Waals surface area contributed by atoms with Gasteiger partial charge in [0.2, 0.25) is 0 Å². The molecule has 0 bridgehead atoms. The lowest BCUT2D eigenvalue weighted by Crippen LogP contribution is -2.17. The molecule has 3 N–H and O–H groups in total. The molecule has 0 aromatic rings. The Morgan fingerprint density at radius 3 is 0.724 bits per heavy atom. The van der Waals surface area contributed by atoms with Gasteiger partial charge in [-0.2, -0.15) is 0 Å². The summed E-state index contributed by atoms with van der Waals surface area (Å²) in [6.45, 7) is 27.3. The van der Waals surface area contributed by atoms with Gasteiger partial charge in [0.05, 0.1) is 0 Å². The zero-order chi connectivity index (χ0) is 23.7. The van der Waals surface area contributed by atoms with Gasteiger partial charge in [0.25, 0.3) is 0 Å². The Labute approximate surface area is 178 Å². The summed E-state index contributed by atoms with van der Waals surface area (Å²) in [6, 6.07) is 0. The van der Waals surface area contributed by atoms with E-state index in [1.54, 1.807) is 0 Å². The molecule has 7 nitrogen and oxygen atoms in total. The summed E-state index contributed by atoms with van der Waals surface area (Å²) < 4.78 is 8.88. The molecular weight excluding hydrogens is 389 g/mol. The Morgan fingerprint density at radius 2 is 0.655 bits per heavy atom. The van der Waals surface area contributed by atoms with Crippen LogP contribution in [0.1, 0.15) is 0 Å². The third-order valence-electron chi connectivity index (χ3n) is 2.64. The van der Waals surface area contributed by atoms with Crippen LogP contribution in [0.15, 0.2) is 75.9 Å². The molecule has 0 unspecified atom stereocenters. The molecule has 0 aliphatic heterocycles. The predicted octanol–water partition coefficient (Wildman–Crippen LogP) is 2.94. The first kappa shape index (κ1) is 34.9. The molecule has 0 saturated carbocycles. The van der Waals surface area contributed by atoms with Crippen molar-refractivity contribution >= 4 is 7.82 Å². The van der Waals surface area contributed by atoms with E-state index in [-0.39, 0.29) is 0 Å². The lowest BCUT2D eigenvalue weighted by Gasteiger charge is -2.09. The molecule has 8 heteroatoms. The monoisotopic (exact) mass is 431 g/mol. The highest BCUT2D eigenvalue weighted by molar-refractivity contribution is 7.45. The number of likely N-dealkylation sites (N-methyl/N-ethyl adjacent to an activating group) is 3. The Bertz CT molecular complexity index is 388. The van der Waals surface area contributed by atoms with Gasteiger partial charge in [-0.3, -0.25) is 14.7 Å². The second kappa shape index (κ2) is 26.4. The molecule has 0 saturated heterocycles. The molecule has 0 heterocycles. The smallest absolute Gasteiger partial charge is 0.303 e. The molecule has 0 aliphatic rings. The highest BCUT2D eigenvalue weighted by Gasteiger charge is 2.00. The van der Waals surface area contributed by atoms with Gasteiger partial charge in [0, 0.05) is 39.3 Å². The van der Waals surface area contributed by atoms with Crippen molar-refractivity contribution in [1.29, 1.82) is 0 Å². The van der Waals surface area contributed by atoms with Crippen LogP contribution in [0.4, 0.5) is 0 Å². The second-order valence-corrected chi connectivity index (χ2v) is 6.94. The lowest BCUT2D eigenvalue weighted by molar-refractivity contribution is 0.275. The van der Waals surface area contributed by atoms with E-state index in [9.17, 15) is 0 Å². The van der Waals surface area contributed by atoms with Crippen molar-refractivity contribution in [2.24, 2.45) is 0 Å². The van der Waals surface area contributed by atoms with Crippen LogP contribution >= 0.6 is 7.82 Å². The van der Waals surface area contributed by atoms with E-state index in [2.05, 4.69) is 54.2 Å². The third-order valence-corrected chi connectivity index (χ3v) is 2.64.